The fourth-order valence-electron chi connectivity index (χ4n) is 5.24. The second-order valence-electron chi connectivity index (χ2n) is 10.1. The monoisotopic (exact) mass is 559 g/mol. The molecular formula is C32H26F3N2O4. The minimum Gasteiger partial charge on any atom is -0.438 e. The van der Waals surface area contributed by atoms with E-state index in [-0.39, 0.29) is 17.3 Å². The molecule has 41 heavy (non-hydrogen) atoms. The number of nitro benzene ring substituents is 1. The molecule has 0 aliphatic carbocycles. The molecule has 209 valence electrons. The van der Waals surface area contributed by atoms with Crippen LogP contribution in [0.5, 0.6) is 0 Å². The van der Waals surface area contributed by atoms with Crippen LogP contribution < -0.4 is 0 Å². The molecule has 0 unspecified atom stereocenters. The third-order valence-electron chi connectivity index (χ3n) is 7.60. The van der Waals surface area contributed by atoms with Crippen LogP contribution in [-0.2, 0) is 16.8 Å². The third-order valence-corrected chi connectivity index (χ3v) is 7.60. The molecule has 5 rings (SSSR count). The summed E-state index contributed by atoms with van der Waals surface area (Å²) in [5.74, 6) is -1.73. The van der Waals surface area contributed by atoms with E-state index >= 15 is 0 Å². The Morgan fingerprint density at radius 1 is 1.00 bits per heavy atom. The van der Waals surface area contributed by atoms with Gasteiger partial charge in [-0.3, -0.25) is 10.1 Å². The highest BCUT2D eigenvalue weighted by molar-refractivity contribution is 5.70. The van der Waals surface area contributed by atoms with E-state index in [0.29, 0.717) is 42.5 Å². The number of aryl methyl sites for hydroxylation is 1. The molecule has 1 heterocycles. The molecule has 1 fully saturated rings. The lowest BCUT2D eigenvalue weighted by molar-refractivity contribution is -0.384. The number of amides is 1. The summed E-state index contributed by atoms with van der Waals surface area (Å²) in [6.07, 6.45) is 0.526. The smallest absolute Gasteiger partial charge is 0.411 e. The van der Waals surface area contributed by atoms with E-state index < -0.39 is 34.1 Å². The average Bonchev–Trinajstić information content (AvgIpc) is 2.96. The summed E-state index contributed by atoms with van der Waals surface area (Å²) in [6, 6.07) is 23.2. The standard InChI is InChI=1S/C32H26F3N2O4/c1-21(23-5-7-24(8-6-23)29-14-13-27(34)20-30(29)35)36-18-17-32(41-31(36)38,25-9-11-26(33)12-10-25)16-15-22-3-2-4-28(19-22)37(39)40/h2,4-14,19-21H,15-18H2,1H3/t21-,32-/m0/s1. The number of nitro groups is 1. The number of non-ortho nitro benzene ring substituents is 1. The third kappa shape index (κ3) is 5.94. The summed E-state index contributed by atoms with van der Waals surface area (Å²) < 4.78 is 47.4. The molecule has 1 aliphatic heterocycles. The molecule has 0 N–H and O–H groups in total. The van der Waals surface area contributed by atoms with Gasteiger partial charge in [0.25, 0.3) is 5.69 Å². The predicted octanol–water partition coefficient (Wildman–Crippen LogP) is 7.91. The fraction of sp³-hybridized carbons (Fsp3) is 0.219. The Labute approximate surface area is 235 Å². The number of benzene rings is 4. The Kier molecular flexibility index (Phi) is 7.79. The van der Waals surface area contributed by atoms with Crippen LogP contribution in [0.1, 0.15) is 42.5 Å². The first kappa shape index (κ1) is 27.9. The van der Waals surface area contributed by atoms with Gasteiger partial charge in [-0.1, -0.05) is 36.4 Å². The molecule has 6 nitrogen and oxygen atoms in total. The number of nitrogens with zero attached hydrogens (tertiary/aromatic N) is 2. The first-order valence-corrected chi connectivity index (χ1v) is 13.1. The highest BCUT2D eigenvalue weighted by Crippen LogP contribution is 2.41. The molecule has 0 bridgehead atoms. The Morgan fingerprint density at radius 2 is 1.71 bits per heavy atom. The molecule has 1 saturated heterocycles. The molecule has 0 spiro atoms. The molecule has 9 heteroatoms. The van der Waals surface area contributed by atoms with Gasteiger partial charge in [-0.2, -0.15) is 0 Å². The molecule has 0 aromatic heterocycles. The van der Waals surface area contributed by atoms with Crippen molar-refractivity contribution in [1.82, 2.24) is 4.90 Å². The van der Waals surface area contributed by atoms with Crippen LogP contribution in [0, 0.1) is 33.6 Å². The van der Waals surface area contributed by atoms with Crippen molar-refractivity contribution >= 4 is 11.8 Å². The van der Waals surface area contributed by atoms with Gasteiger partial charge in [0.05, 0.1) is 11.0 Å². The van der Waals surface area contributed by atoms with E-state index in [9.17, 15) is 28.1 Å². The Bertz CT molecular complexity index is 1580. The normalized spacial score (nSPS) is 17.7. The highest BCUT2D eigenvalue weighted by atomic mass is 19.1. The second-order valence-corrected chi connectivity index (χ2v) is 10.1. The Balaban J connectivity index is 1.35. The van der Waals surface area contributed by atoms with Crippen LogP contribution in [0.3, 0.4) is 0 Å². The zero-order valence-electron chi connectivity index (χ0n) is 22.1. The molecule has 1 amide bonds. The quantitative estimate of drug-likeness (QED) is 0.162. The minimum atomic E-state index is -1.07. The van der Waals surface area contributed by atoms with Crippen molar-refractivity contribution in [2.75, 3.05) is 6.54 Å². The maximum absolute atomic E-state index is 14.2. The van der Waals surface area contributed by atoms with Crippen LogP contribution >= 0.6 is 0 Å². The summed E-state index contributed by atoms with van der Waals surface area (Å²) in [6.45, 7) is 2.20. The first-order valence-electron chi connectivity index (χ1n) is 13.1. The predicted molar refractivity (Wildman–Crippen MR) is 146 cm³/mol. The van der Waals surface area contributed by atoms with Gasteiger partial charge in [0.2, 0.25) is 0 Å². The van der Waals surface area contributed by atoms with Crippen molar-refractivity contribution in [2.45, 2.75) is 37.8 Å². The van der Waals surface area contributed by atoms with E-state index in [1.165, 1.54) is 42.5 Å². The van der Waals surface area contributed by atoms with Crippen LogP contribution in [0.15, 0.2) is 84.9 Å². The molecule has 4 aromatic rings. The van der Waals surface area contributed by atoms with Crippen molar-refractivity contribution in [1.29, 1.82) is 0 Å². The topological polar surface area (TPSA) is 72.7 Å². The van der Waals surface area contributed by atoms with E-state index in [1.54, 1.807) is 41.3 Å². The number of hydrogen-bond acceptors (Lipinski definition) is 4. The highest BCUT2D eigenvalue weighted by Gasteiger charge is 2.43. The van der Waals surface area contributed by atoms with Crippen molar-refractivity contribution in [3.8, 4) is 11.1 Å². The van der Waals surface area contributed by atoms with Crippen LogP contribution in [0.4, 0.5) is 23.7 Å². The SMILES string of the molecule is C[C@@H](c1ccc(-c2ccc(F)cc2F)cc1)N1CC[C@@](CCc2[c]ccc([N+](=O)[O-])c2)(c2ccc(F)cc2)OC1=O. The fourth-order valence-corrected chi connectivity index (χ4v) is 5.24. The molecule has 0 saturated carbocycles. The van der Waals surface area contributed by atoms with Crippen LogP contribution in [0.25, 0.3) is 11.1 Å². The first-order chi connectivity index (χ1) is 19.6. The number of rotatable bonds is 8. The van der Waals surface area contributed by atoms with Gasteiger partial charge in [0.15, 0.2) is 0 Å². The lowest BCUT2D eigenvalue weighted by Crippen LogP contribution is -2.49. The summed E-state index contributed by atoms with van der Waals surface area (Å²) >= 11 is 0. The maximum Gasteiger partial charge on any atom is 0.411 e. The number of cyclic esters (lactones) is 1. The molecule has 2 atom stereocenters. The summed E-state index contributed by atoms with van der Waals surface area (Å²) in [7, 11) is 0. The lowest BCUT2D eigenvalue weighted by atomic mass is 9.83. The zero-order chi connectivity index (χ0) is 29.1. The Morgan fingerprint density at radius 3 is 2.37 bits per heavy atom. The number of halogens is 3. The zero-order valence-corrected chi connectivity index (χ0v) is 22.1. The van der Waals surface area contributed by atoms with Gasteiger partial charge < -0.3 is 9.64 Å². The van der Waals surface area contributed by atoms with Gasteiger partial charge >= 0.3 is 6.09 Å². The van der Waals surface area contributed by atoms with Crippen molar-refractivity contribution in [3.05, 3.63) is 135 Å². The average molecular weight is 560 g/mol. The maximum atomic E-state index is 14.2. The van der Waals surface area contributed by atoms with Crippen LogP contribution in [0.2, 0.25) is 0 Å². The van der Waals surface area contributed by atoms with E-state index in [1.807, 2.05) is 6.92 Å². The van der Waals surface area contributed by atoms with Gasteiger partial charge in [0.1, 0.15) is 23.1 Å². The molecule has 4 aromatic carbocycles. The molecule has 1 radical (unpaired) electrons. The number of carbonyl (C=O) groups is 1. The molecular weight excluding hydrogens is 533 g/mol. The van der Waals surface area contributed by atoms with Gasteiger partial charge in [0, 0.05) is 36.7 Å². The second kappa shape index (κ2) is 11.4. The summed E-state index contributed by atoms with van der Waals surface area (Å²) in [4.78, 5) is 25.8. The minimum absolute atomic E-state index is 0.0524. The van der Waals surface area contributed by atoms with Gasteiger partial charge in [-0.15, -0.1) is 0 Å². The number of hydrogen-bond donors (Lipinski definition) is 0. The summed E-state index contributed by atoms with van der Waals surface area (Å²) in [5.41, 5.74) is 1.77. The van der Waals surface area contributed by atoms with Gasteiger partial charge in [-0.25, -0.2) is 18.0 Å². The van der Waals surface area contributed by atoms with Crippen LogP contribution in [-0.4, -0.2) is 22.5 Å². The van der Waals surface area contributed by atoms with E-state index in [2.05, 4.69) is 6.07 Å². The number of ether oxygens (including phenoxy) is 1. The van der Waals surface area contributed by atoms with E-state index in [4.69, 9.17) is 4.74 Å². The van der Waals surface area contributed by atoms with Gasteiger partial charge in [-0.05, 0) is 78.4 Å². The summed E-state index contributed by atoms with van der Waals surface area (Å²) in [5, 5.41) is 11.2. The van der Waals surface area contributed by atoms with Crippen molar-refractivity contribution in [2.24, 2.45) is 0 Å². The largest absolute Gasteiger partial charge is 0.438 e. The van der Waals surface area contributed by atoms with E-state index in [0.717, 1.165) is 11.6 Å². The van der Waals surface area contributed by atoms with Crippen molar-refractivity contribution in [3.63, 3.8) is 0 Å². The van der Waals surface area contributed by atoms with Crippen molar-refractivity contribution < 1.29 is 27.6 Å². The molecule has 1 aliphatic rings. The Hall–Kier alpha value is -4.66. The number of carbonyl (C=O) groups excluding carboxylic acids is 1. The lowest BCUT2D eigenvalue weighted by Gasteiger charge is -2.43.